The van der Waals surface area contributed by atoms with E-state index in [-0.39, 0.29) is 36.3 Å². The van der Waals surface area contributed by atoms with Crippen LogP contribution in [0.2, 0.25) is 0 Å². The van der Waals surface area contributed by atoms with E-state index >= 15 is 0 Å². The molecule has 0 spiro atoms. The highest BCUT2D eigenvalue weighted by atomic mass is 32.2. The van der Waals surface area contributed by atoms with Crippen LogP contribution >= 0.6 is 0 Å². The molecule has 6 nitrogen and oxygen atoms in total. The molecule has 0 atom stereocenters. The number of sulfonamides is 2. The zero-order chi connectivity index (χ0) is 16.8. The van der Waals surface area contributed by atoms with Crippen molar-refractivity contribution in [3.63, 3.8) is 0 Å². The van der Waals surface area contributed by atoms with Gasteiger partial charge in [0.05, 0.1) is 10.1 Å². The maximum Gasteiger partial charge on any atom is 0.243 e. The van der Waals surface area contributed by atoms with Gasteiger partial charge in [0, 0.05) is 26.2 Å². The summed E-state index contributed by atoms with van der Waals surface area (Å²) >= 11 is 0. The van der Waals surface area contributed by atoms with Crippen molar-refractivity contribution >= 4 is 20.0 Å². The molecule has 2 fully saturated rings. The fourth-order valence-corrected chi connectivity index (χ4v) is 6.10. The molecule has 1 aliphatic carbocycles. The van der Waals surface area contributed by atoms with E-state index in [1.807, 2.05) is 13.8 Å². The van der Waals surface area contributed by atoms with Crippen molar-refractivity contribution in [2.75, 3.05) is 26.2 Å². The molecule has 0 unspecified atom stereocenters. The first kappa shape index (κ1) is 16.9. The second-order valence-electron chi connectivity index (χ2n) is 6.29. The summed E-state index contributed by atoms with van der Waals surface area (Å²) in [6.45, 7) is 4.72. The monoisotopic (exact) mass is 358 g/mol. The Morgan fingerprint density at radius 1 is 0.870 bits per heavy atom. The molecule has 0 N–H and O–H groups in total. The van der Waals surface area contributed by atoms with Crippen LogP contribution in [-0.4, -0.2) is 56.9 Å². The lowest BCUT2D eigenvalue weighted by molar-refractivity contribution is 0.272. The Kier molecular flexibility index (Phi) is 4.29. The molecule has 3 rings (SSSR count). The van der Waals surface area contributed by atoms with Crippen molar-refractivity contribution in [2.24, 2.45) is 0 Å². The molecule has 0 bridgehead atoms. The minimum Gasteiger partial charge on any atom is -0.212 e. The van der Waals surface area contributed by atoms with Gasteiger partial charge in [-0.15, -0.1) is 0 Å². The van der Waals surface area contributed by atoms with E-state index in [0.29, 0.717) is 0 Å². The number of aryl methyl sites for hydroxylation is 2. The molecule has 0 amide bonds. The fourth-order valence-electron chi connectivity index (χ4n) is 2.76. The zero-order valence-corrected chi connectivity index (χ0v) is 15.0. The van der Waals surface area contributed by atoms with Crippen molar-refractivity contribution < 1.29 is 16.8 Å². The second kappa shape index (κ2) is 5.84. The molecule has 1 saturated heterocycles. The molecular weight excluding hydrogens is 336 g/mol. The molecular formula is C15H22N2O4S2. The van der Waals surface area contributed by atoms with Gasteiger partial charge >= 0.3 is 0 Å². The summed E-state index contributed by atoms with van der Waals surface area (Å²) in [6, 6.07) is 5.10. The zero-order valence-electron chi connectivity index (χ0n) is 13.4. The predicted octanol–water partition coefficient (Wildman–Crippen LogP) is 1.10. The van der Waals surface area contributed by atoms with Crippen LogP contribution in [0, 0.1) is 13.8 Å². The lowest BCUT2D eigenvalue weighted by Crippen LogP contribution is -2.51. The van der Waals surface area contributed by atoms with Crippen molar-refractivity contribution in [3.8, 4) is 0 Å². The van der Waals surface area contributed by atoms with Crippen LogP contribution in [0.3, 0.4) is 0 Å². The van der Waals surface area contributed by atoms with Gasteiger partial charge in [0.25, 0.3) is 0 Å². The van der Waals surface area contributed by atoms with E-state index in [2.05, 4.69) is 0 Å². The van der Waals surface area contributed by atoms with E-state index in [1.165, 1.54) is 8.61 Å². The van der Waals surface area contributed by atoms with Crippen LogP contribution in [0.25, 0.3) is 0 Å². The van der Waals surface area contributed by atoms with Crippen LogP contribution in [-0.2, 0) is 20.0 Å². The minimum atomic E-state index is -3.56. The standard InChI is InChI=1S/C15H22N2O4S2/c1-12-3-4-15(11-13(12)2)23(20,21)17-9-7-16(8-10-17)22(18,19)14-5-6-14/h3-4,11,14H,5-10H2,1-2H3. The SMILES string of the molecule is Cc1ccc(S(=O)(=O)N2CCN(S(=O)(=O)C3CC3)CC2)cc1C. The summed E-state index contributed by atoms with van der Waals surface area (Å²) in [6.07, 6.45) is 1.45. The van der Waals surface area contributed by atoms with Crippen LogP contribution in [0.1, 0.15) is 24.0 Å². The number of nitrogens with zero attached hydrogens (tertiary/aromatic N) is 2. The molecule has 0 aromatic heterocycles. The van der Waals surface area contributed by atoms with E-state index in [9.17, 15) is 16.8 Å². The topological polar surface area (TPSA) is 74.8 Å². The third-order valence-corrected chi connectivity index (χ3v) is 8.91. The number of hydrogen-bond donors (Lipinski definition) is 0. The molecule has 23 heavy (non-hydrogen) atoms. The highest BCUT2D eigenvalue weighted by Gasteiger charge is 2.42. The molecule has 1 aromatic carbocycles. The molecule has 1 saturated carbocycles. The molecule has 2 aliphatic rings. The average molecular weight is 358 g/mol. The average Bonchev–Trinajstić information content (AvgIpc) is 3.35. The first-order chi connectivity index (χ1) is 10.7. The third kappa shape index (κ3) is 3.17. The smallest absolute Gasteiger partial charge is 0.212 e. The van der Waals surface area contributed by atoms with E-state index < -0.39 is 20.0 Å². The maximum absolute atomic E-state index is 12.7. The van der Waals surface area contributed by atoms with Gasteiger partial charge in [0.1, 0.15) is 0 Å². The molecule has 1 heterocycles. The summed E-state index contributed by atoms with van der Waals surface area (Å²) in [5.74, 6) is 0. The van der Waals surface area contributed by atoms with Crippen LogP contribution in [0.15, 0.2) is 23.1 Å². The van der Waals surface area contributed by atoms with Gasteiger partial charge in [0.2, 0.25) is 20.0 Å². The summed E-state index contributed by atoms with van der Waals surface area (Å²) in [5, 5.41) is -0.245. The summed E-state index contributed by atoms with van der Waals surface area (Å²) in [7, 11) is -6.79. The van der Waals surface area contributed by atoms with Gasteiger partial charge in [-0.05, 0) is 49.9 Å². The van der Waals surface area contributed by atoms with E-state index in [0.717, 1.165) is 24.0 Å². The quantitative estimate of drug-likeness (QED) is 0.808. The van der Waals surface area contributed by atoms with Crippen molar-refractivity contribution in [1.82, 2.24) is 8.61 Å². The minimum absolute atomic E-state index is 0.210. The molecule has 8 heteroatoms. The van der Waals surface area contributed by atoms with Crippen molar-refractivity contribution in [3.05, 3.63) is 29.3 Å². The summed E-state index contributed by atoms with van der Waals surface area (Å²) < 4.78 is 52.7. The Bertz CT molecular complexity index is 806. The van der Waals surface area contributed by atoms with Gasteiger partial charge in [-0.25, -0.2) is 16.8 Å². The van der Waals surface area contributed by atoms with Gasteiger partial charge in [0.15, 0.2) is 0 Å². The lowest BCUT2D eigenvalue weighted by atomic mass is 10.1. The highest BCUT2D eigenvalue weighted by molar-refractivity contribution is 7.90. The first-order valence-electron chi connectivity index (χ1n) is 7.79. The summed E-state index contributed by atoms with van der Waals surface area (Å²) in [5.41, 5.74) is 1.98. The number of piperazine rings is 1. The van der Waals surface area contributed by atoms with Gasteiger partial charge in [-0.2, -0.15) is 8.61 Å². The predicted molar refractivity (Wildman–Crippen MR) is 88.2 cm³/mol. The largest absolute Gasteiger partial charge is 0.243 e. The van der Waals surface area contributed by atoms with E-state index in [1.54, 1.807) is 18.2 Å². The maximum atomic E-state index is 12.7. The van der Waals surface area contributed by atoms with Crippen molar-refractivity contribution in [2.45, 2.75) is 36.8 Å². The Labute approximate surface area is 138 Å². The normalized spacial score (nSPS) is 21.5. The Morgan fingerprint density at radius 2 is 1.43 bits per heavy atom. The third-order valence-electron chi connectivity index (χ3n) is 4.62. The first-order valence-corrected chi connectivity index (χ1v) is 10.7. The number of benzene rings is 1. The Hall–Kier alpha value is -0.960. The van der Waals surface area contributed by atoms with Crippen LogP contribution < -0.4 is 0 Å². The van der Waals surface area contributed by atoms with Crippen molar-refractivity contribution in [1.29, 1.82) is 0 Å². The number of rotatable bonds is 4. The summed E-state index contributed by atoms with van der Waals surface area (Å²) in [4.78, 5) is 0.277. The van der Waals surface area contributed by atoms with E-state index in [4.69, 9.17) is 0 Å². The Balaban J connectivity index is 1.74. The highest BCUT2D eigenvalue weighted by Crippen LogP contribution is 2.32. The number of hydrogen-bond acceptors (Lipinski definition) is 4. The molecule has 128 valence electrons. The van der Waals surface area contributed by atoms with Gasteiger partial charge in [-0.3, -0.25) is 0 Å². The lowest BCUT2D eigenvalue weighted by Gasteiger charge is -2.33. The van der Waals surface area contributed by atoms with Crippen LogP contribution in [0.5, 0.6) is 0 Å². The fraction of sp³-hybridized carbons (Fsp3) is 0.600. The van der Waals surface area contributed by atoms with Gasteiger partial charge in [-0.1, -0.05) is 6.07 Å². The molecule has 0 radical (unpaired) electrons. The van der Waals surface area contributed by atoms with Gasteiger partial charge < -0.3 is 0 Å². The Morgan fingerprint density at radius 3 is 1.96 bits per heavy atom. The molecule has 1 aliphatic heterocycles. The van der Waals surface area contributed by atoms with Crippen LogP contribution in [0.4, 0.5) is 0 Å². The second-order valence-corrected chi connectivity index (χ2v) is 10.4. The molecule has 1 aromatic rings.